The Labute approximate surface area is 115 Å². The van der Waals surface area contributed by atoms with Gasteiger partial charge in [0, 0.05) is 10.7 Å². The van der Waals surface area contributed by atoms with Crippen LogP contribution < -0.4 is 5.56 Å². The number of H-pyrrole nitrogens is 1. The van der Waals surface area contributed by atoms with Crippen LogP contribution in [0.3, 0.4) is 0 Å². The number of hydrogen-bond donors (Lipinski definition) is 2. The highest BCUT2D eigenvalue weighted by molar-refractivity contribution is 9.10. The van der Waals surface area contributed by atoms with Crippen molar-refractivity contribution in [3.05, 3.63) is 55.6 Å². The largest absolute Gasteiger partial charge is 0.477 e. The normalized spacial score (nSPS) is 10.3. The van der Waals surface area contributed by atoms with E-state index < -0.39 is 11.5 Å². The van der Waals surface area contributed by atoms with E-state index in [0.717, 1.165) is 15.2 Å². The summed E-state index contributed by atoms with van der Waals surface area (Å²) in [5, 5.41) is 8.91. The topological polar surface area (TPSA) is 75.1 Å². The molecule has 0 aliphatic heterocycles. The van der Waals surface area contributed by atoms with Crippen LogP contribution in [0.4, 0.5) is 0 Å². The van der Waals surface area contributed by atoms with Crippen molar-refractivity contribution < 1.29 is 9.90 Å². The molecule has 0 atom stereocenters. The monoisotopic (exact) mass is 326 g/mol. The summed E-state index contributed by atoms with van der Waals surface area (Å²) in [5.41, 5.74) is -0.522. The van der Waals surface area contributed by atoms with Crippen molar-refractivity contribution in [2.24, 2.45) is 0 Å². The van der Waals surface area contributed by atoms with Crippen molar-refractivity contribution >= 4 is 34.1 Å². The number of aromatic amines is 1. The van der Waals surface area contributed by atoms with Gasteiger partial charge >= 0.3 is 5.97 Å². The second-order valence-corrected chi connectivity index (χ2v) is 4.74. The van der Waals surface area contributed by atoms with Gasteiger partial charge in [0.15, 0.2) is 4.77 Å². The van der Waals surface area contributed by atoms with Gasteiger partial charge < -0.3 is 10.1 Å². The van der Waals surface area contributed by atoms with E-state index in [4.69, 9.17) is 17.3 Å². The van der Waals surface area contributed by atoms with Crippen molar-refractivity contribution in [1.29, 1.82) is 0 Å². The van der Waals surface area contributed by atoms with Crippen LogP contribution in [0, 0.1) is 4.77 Å². The maximum atomic E-state index is 12.0. The number of rotatable bonds is 2. The number of nitrogens with one attached hydrogen (secondary N) is 1. The highest BCUT2D eigenvalue weighted by atomic mass is 79.9. The lowest BCUT2D eigenvalue weighted by molar-refractivity contribution is 0.0694. The van der Waals surface area contributed by atoms with E-state index in [1.807, 2.05) is 0 Å². The zero-order valence-corrected chi connectivity index (χ0v) is 11.3. The van der Waals surface area contributed by atoms with E-state index in [1.54, 1.807) is 24.3 Å². The summed E-state index contributed by atoms with van der Waals surface area (Å²) in [6.07, 6.45) is 1.10. The molecule has 0 aliphatic rings. The molecule has 2 aromatic rings. The van der Waals surface area contributed by atoms with Crippen LogP contribution in [0.5, 0.6) is 0 Å². The smallest absolute Gasteiger partial charge is 0.342 e. The van der Waals surface area contributed by atoms with Gasteiger partial charge in [0.05, 0.1) is 5.69 Å². The quantitative estimate of drug-likeness (QED) is 0.831. The van der Waals surface area contributed by atoms with E-state index >= 15 is 0 Å². The maximum Gasteiger partial charge on any atom is 0.342 e. The summed E-state index contributed by atoms with van der Waals surface area (Å²) in [6, 6.07) is 6.87. The van der Waals surface area contributed by atoms with Gasteiger partial charge in [-0.1, -0.05) is 22.0 Å². The fraction of sp³-hybridized carbons (Fsp3) is 0. The molecular weight excluding hydrogens is 320 g/mol. The number of carboxylic acids is 1. The fourth-order valence-corrected chi connectivity index (χ4v) is 2.11. The fourth-order valence-electron chi connectivity index (χ4n) is 1.48. The van der Waals surface area contributed by atoms with E-state index in [1.165, 1.54) is 0 Å². The number of benzene rings is 1. The lowest BCUT2D eigenvalue weighted by atomic mass is 10.3. The van der Waals surface area contributed by atoms with E-state index in [2.05, 4.69) is 20.9 Å². The molecule has 0 amide bonds. The number of hydrogen-bond acceptors (Lipinski definition) is 3. The molecule has 0 saturated carbocycles. The number of carbonyl (C=O) groups is 1. The Morgan fingerprint density at radius 2 is 2.17 bits per heavy atom. The zero-order chi connectivity index (χ0) is 13.3. The van der Waals surface area contributed by atoms with Crippen LogP contribution in [0.1, 0.15) is 10.4 Å². The van der Waals surface area contributed by atoms with Crippen LogP contribution >= 0.6 is 28.1 Å². The number of nitrogens with zero attached hydrogens (tertiary/aromatic N) is 1. The first-order valence-corrected chi connectivity index (χ1v) is 6.05. The minimum Gasteiger partial charge on any atom is -0.477 e. The summed E-state index contributed by atoms with van der Waals surface area (Å²) in [6.45, 7) is 0. The molecule has 2 N–H and O–H groups in total. The minimum absolute atomic E-state index is 0.142. The lowest BCUT2D eigenvalue weighted by Gasteiger charge is -2.07. The van der Waals surface area contributed by atoms with Crippen LogP contribution in [0.15, 0.2) is 39.7 Å². The molecule has 0 aliphatic carbocycles. The van der Waals surface area contributed by atoms with Gasteiger partial charge in [-0.25, -0.2) is 4.79 Å². The maximum absolute atomic E-state index is 12.0. The van der Waals surface area contributed by atoms with Gasteiger partial charge in [-0.2, -0.15) is 0 Å². The third-order valence-electron chi connectivity index (χ3n) is 2.27. The van der Waals surface area contributed by atoms with Crippen molar-refractivity contribution in [1.82, 2.24) is 9.55 Å². The van der Waals surface area contributed by atoms with Gasteiger partial charge in [-0.3, -0.25) is 9.36 Å². The molecule has 1 aromatic carbocycles. The molecule has 0 bridgehead atoms. The van der Waals surface area contributed by atoms with Crippen molar-refractivity contribution in [2.75, 3.05) is 0 Å². The summed E-state index contributed by atoms with van der Waals surface area (Å²) < 4.78 is 2.05. The highest BCUT2D eigenvalue weighted by Crippen LogP contribution is 2.14. The van der Waals surface area contributed by atoms with Crippen LogP contribution in [-0.4, -0.2) is 20.6 Å². The molecule has 2 rings (SSSR count). The van der Waals surface area contributed by atoms with Gasteiger partial charge in [0.1, 0.15) is 5.56 Å². The van der Waals surface area contributed by atoms with Gasteiger partial charge in [0.25, 0.3) is 5.56 Å². The van der Waals surface area contributed by atoms with Crippen molar-refractivity contribution in [2.45, 2.75) is 0 Å². The lowest BCUT2D eigenvalue weighted by Crippen LogP contribution is -2.26. The van der Waals surface area contributed by atoms with E-state index in [0.29, 0.717) is 5.69 Å². The van der Waals surface area contributed by atoms with Crippen molar-refractivity contribution in [3.63, 3.8) is 0 Å². The standard InChI is InChI=1S/C11H7BrN2O3S/c12-6-2-1-3-7(4-6)14-9(15)8(10(16)17)5-13-11(14)18/h1-5H,(H,13,18)(H,16,17). The molecule has 5 nitrogen and oxygen atoms in total. The number of halogens is 1. The SMILES string of the molecule is O=C(O)c1c[nH]c(=S)n(-c2cccc(Br)c2)c1=O. The number of aromatic carboxylic acids is 1. The van der Waals surface area contributed by atoms with Gasteiger partial charge in [-0.15, -0.1) is 0 Å². The molecule has 0 saturated heterocycles. The number of carboxylic acid groups (broad SMARTS) is 1. The predicted molar refractivity (Wildman–Crippen MR) is 71.9 cm³/mol. The van der Waals surface area contributed by atoms with Crippen LogP contribution in [-0.2, 0) is 0 Å². The molecule has 0 radical (unpaired) electrons. The Kier molecular flexibility index (Phi) is 3.44. The van der Waals surface area contributed by atoms with Crippen LogP contribution in [0.25, 0.3) is 5.69 Å². The Hall–Kier alpha value is -1.73. The number of aromatic nitrogens is 2. The average molecular weight is 327 g/mol. The molecule has 18 heavy (non-hydrogen) atoms. The second-order valence-electron chi connectivity index (χ2n) is 3.43. The molecule has 1 heterocycles. The highest BCUT2D eigenvalue weighted by Gasteiger charge is 2.13. The van der Waals surface area contributed by atoms with Gasteiger partial charge in [0.2, 0.25) is 0 Å². The first-order valence-electron chi connectivity index (χ1n) is 4.84. The third-order valence-corrected chi connectivity index (χ3v) is 3.07. The second kappa shape index (κ2) is 4.87. The van der Waals surface area contributed by atoms with Gasteiger partial charge in [-0.05, 0) is 30.4 Å². The third kappa shape index (κ3) is 2.27. The first-order chi connectivity index (χ1) is 8.50. The molecule has 1 aromatic heterocycles. The Morgan fingerprint density at radius 3 is 2.78 bits per heavy atom. The van der Waals surface area contributed by atoms with Crippen LogP contribution in [0.2, 0.25) is 0 Å². The minimum atomic E-state index is -1.30. The molecule has 7 heteroatoms. The Balaban J connectivity index is 2.79. The van der Waals surface area contributed by atoms with Crippen molar-refractivity contribution in [3.8, 4) is 5.69 Å². The Bertz CT molecular complexity index is 736. The molecule has 0 spiro atoms. The molecule has 0 unspecified atom stereocenters. The summed E-state index contributed by atoms with van der Waals surface area (Å²) in [4.78, 5) is 25.5. The first kappa shape index (κ1) is 12.7. The summed E-state index contributed by atoms with van der Waals surface area (Å²) in [7, 11) is 0. The molecule has 92 valence electrons. The Morgan fingerprint density at radius 1 is 1.44 bits per heavy atom. The zero-order valence-electron chi connectivity index (χ0n) is 8.88. The predicted octanol–water partition coefficient (Wildman–Crippen LogP) is 2.36. The average Bonchev–Trinajstić information content (AvgIpc) is 2.28. The summed E-state index contributed by atoms with van der Waals surface area (Å²) >= 11 is 8.29. The summed E-state index contributed by atoms with van der Waals surface area (Å²) in [5.74, 6) is -1.30. The molecule has 0 fully saturated rings. The van der Waals surface area contributed by atoms with E-state index in [-0.39, 0.29) is 10.3 Å². The van der Waals surface area contributed by atoms with E-state index in [9.17, 15) is 9.59 Å². The molecular formula is C11H7BrN2O3S.